The van der Waals surface area contributed by atoms with Gasteiger partial charge in [0.05, 0.1) is 5.69 Å². The number of aryl methyl sites for hydroxylation is 1. The number of thiazole rings is 1. The Bertz CT molecular complexity index is 737. The first-order chi connectivity index (χ1) is 11.5. The van der Waals surface area contributed by atoms with Crippen molar-refractivity contribution in [3.63, 3.8) is 0 Å². The number of piperidine rings is 1. The average molecular weight is 420 g/mol. The Hall–Kier alpha value is -1.21. The van der Waals surface area contributed by atoms with Gasteiger partial charge in [-0.3, -0.25) is 4.79 Å². The fraction of sp³-hybridized carbons (Fsp3) is 0.444. The van der Waals surface area contributed by atoms with Crippen LogP contribution in [0.25, 0.3) is 10.6 Å². The molecule has 8 heteroatoms. The molecule has 1 fully saturated rings. The maximum atomic E-state index is 13.1. The van der Waals surface area contributed by atoms with Crippen molar-refractivity contribution in [2.45, 2.75) is 45.2 Å². The summed E-state index contributed by atoms with van der Waals surface area (Å²) in [7, 11) is 0. The zero-order valence-corrected chi connectivity index (χ0v) is 17.2. The number of amides is 1. The van der Waals surface area contributed by atoms with Gasteiger partial charge in [0.25, 0.3) is 5.91 Å². The van der Waals surface area contributed by atoms with Crippen LogP contribution in [0, 0.1) is 12.7 Å². The number of carbonyl (C=O) groups is 1. The van der Waals surface area contributed by atoms with E-state index in [2.05, 4.69) is 4.98 Å². The van der Waals surface area contributed by atoms with E-state index >= 15 is 0 Å². The predicted molar refractivity (Wildman–Crippen MR) is 109 cm³/mol. The van der Waals surface area contributed by atoms with Gasteiger partial charge in [0, 0.05) is 24.2 Å². The molecule has 2 aromatic rings. The van der Waals surface area contributed by atoms with Gasteiger partial charge in [0.15, 0.2) is 0 Å². The summed E-state index contributed by atoms with van der Waals surface area (Å²) in [6, 6.07) is 6.23. The van der Waals surface area contributed by atoms with E-state index < -0.39 is 0 Å². The minimum absolute atomic E-state index is 0. The maximum Gasteiger partial charge on any atom is 0.266 e. The van der Waals surface area contributed by atoms with Crippen LogP contribution in [0.5, 0.6) is 0 Å². The summed E-state index contributed by atoms with van der Waals surface area (Å²) in [4.78, 5) is 20.1. The van der Waals surface area contributed by atoms with E-state index in [-0.39, 0.29) is 48.6 Å². The van der Waals surface area contributed by atoms with Gasteiger partial charge < -0.3 is 10.6 Å². The molecule has 0 saturated carbocycles. The van der Waals surface area contributed by atoms with E-state index in [9.17, 15) is 9.18 Å². The van der Waals surface area contributed by atoms with Crippen LogP contribution in [0.4, 0.5) is 4.39 Å². The molecule has 1 aromatic carbocycles. The summed E-state index contributed by atoms with van der Waals surface area (Å²) in [5.41, 5.74) is 7.63. The monoisotopic (exact) mass is 419 g/mol. The van der Waals surface area contributed by atoms with Crippen molar-refractivity contribution in [3.8, 4) is 10.6 Å². The number of nitrogens with zero attached hydrogens (tertiary/aromatic N) is 2. The standard InChI is InChI=1S/C18H22FN3OS.2ClH/c1-11(20)15-5-3-4-10-22(15)18(23)16-12(2)21-17(24-16)13-6-8-14(19)9-7-13;;/h6-9,11,15H,3-5,10,20H2,1-2H3;2*1H. The number of likely N-dealkylation sites (tertiary alicyclic amines) is 1. The van der Waals surface area contributed by atoms with E-state index in [1.54, 1.807) is 12.1 Å². The topological polar surface area (TPSA) is 59.2 Å². The van der Waals surface area contributed by atoms with Crippen molar-refractivity contribution in [3.05, 3.63) is 40.7 Å². The Kier molecular flexibility index (Phi) is 8.47. The van der Waals surface area contributed by atoms with Gasteiger partial charge in [0.2, 0.25) is 0 Å². The number of benzene rings is 1. The fourth-order valence-electron chi connectivity index (χ4n) is 3.20. The van der Waals surface area contributed by atoms with Crippen molar-refractivity contribution >= 4 is 42.1 Å². The Balaban J connectivity index is 0.00000169. The normalized spacial score (nSPS) is 17.8. The first-order valence-electron chi connectivity index (χ1n) is 8.27. The minimum Gasteiger partial charge on any atom is -0.333 e. The van der Waals surface area contributed by atoms with Crippen molar-refractivity contribution in [2.75, 3.05) is 6.54 Å². The number of nitrogens with two attached hydrogens (primary N) is 1. The Morgan fingerprint density at radius 2 is 1.96 bits per heavy atom. The highest BCUT2D eigenvalue weighted by Gasteiger charge is 2.31. The molecule has 144 valence electrons. The van der Waals surface area contributed by atoms with Gasteiger partial charge in [0.1, 0.15) is 15.7 Å². The molecule has 1 saturated heterocycles. The molecule has 1 amide bonds. The number of halogens is 3. The summed E-state index contributed by atoms with van der Waals surface area (Å²) in [5.74, 6) is -0.267. The van der Waals surface area contributed by atoms with Crippen molar-refractivity contribution in [2.24, 2.45) is 5.73 Å². The van der Waals surface area contributed by atoms with Crippen LogP contribution in [0.15, 0.2) is 24.3 Å². The van der Waals surface area contributed by atoms with E-state index in [1.807, 2.05) is 18.7 Å². The van der Waals surface area contributed by atoms with Crippen LogP contribution >= 0.6 is 36.2 Å². The molecule has 2 heterocycles. The maximum absolute atomic E-state index is 13.1. The number of rotatable bonds is 3. The van der Waals surface area contributed by atoms with Gasteiger partial charge >= 0.3 is 0 Å². The molecule has 0 aliphatic carbocycles. The van der Waals surface area contributed by atoms with Crippen molar-refractivity contribution in [1.82, 2.24) is 9.88 Å². The Labute approximate surface area is 169 Å². The first kappa shape index (κ1) is 22.8. The highest BCUT2D eigenvalue weighted by molar-refractivity contribution is 7.17. The number of hydrogen-bond acceptors (Lipinski definition) is 4. The molecule has 0 bridgehead atoms. The quantitative estimate of drug-likeness (QED) is 0.799. The second-order valence-corrected chi connectivity index (χ2v) is 7.36. The molecule has 2 atom stereocenters. The third-order valence-corrected chi connectivity index (χ3v) is 5.69. The average Bonchev–Trinajstić information content (AvgIpc) is 2.96. The van der Waals surface area contributed by atoms with Crippen LogP contribution in [0.2, 0.25) is 0 Å². The smallest absolute Gasteiger partial charge is 0.266 e. The molecule has 1 aliphatic rings. The Morgan fingerprint density at radius 1 is 1.31 bits per heavy atom. The van der Waals surface area contributed by atoms with Crippen LogP contribution in [-0.2, 0) is 0 Å². The molecular weight excluding hydrogens is 396 g/mol. The minimum atomic E-state index is -0.281. The van der Waals surface area contributed by atoms with Crippen molar-refractivity contribution < 1.29 is 9.18 Å². The van der Waals surface area contributed by atoms with Gasteiger partial charge in [-0.2, -0.15) is 0 Å². The van der Waals surface area contributed by atoms with E-state index in [0.717, 1.165) is 42.1 Å². The van der Waals surface area contributed by atoms with Gasteiger partial charge in [-0.05, 0) is 57.4 Å². The molecule has 26 heavy (non-hydrogen) atoms. The number of hydrogen-bond donors (Lipinski definition) is 1. The fourth-order valence-corrected chi connectivity index (χ4v) is 4.23. The molecule has 2 N–H and O–H groups in total. The molecule has 2 unspecified atom stereocenters. The first-order valence-corrected chi connectivity index (χ1v) is 9.09. The molecule has 1 aromatic heterocycles. The molecule has 3 rings (SSSR count). The second kappa shape index (κ2) is 9.65. The zero-order chi connectivity index (χ0) is 17.3. The zero-order valence-electron chi connectivity index (χ0n) is 14.8. The highest BCUT2D eigenvalue weighted by Crippen LogP contribution is 2.31. The van der Waals surface area contributed by atoms with Crippen LogP contribution < -0.4 is 5.73 Å². The van der Waals surface area contributed by atoms with E-state index in [0.29, 0.717) is 4.88 Å². The van der Waals surface area contributed by atoms with Gasteiger partial charge in [-0.25, -0.2) is 9.37 Å². The lowest BCUT2D eigenvalue weighted by atomic mass is 9.96. The summed E-state index contributed by atoms with van der Waals surface area (Å²) in [6.07, 6.45) is 3.07. The Morgan fingerprint density at radius 3 is 2.58 bits per heavy atom. The van der Waals surface area contributed by atoms with Crippen LogP contribution in [0.1, 0.15) is 41.6 Å². The second-order valence-electron chi connectivity index (χ2n) is 6.36. The SMILES string of the molecule is Cc1nc(-c2ccc(F)cc2)sc1C(=O)N1CCCCC1C(C)N.Cl.Cl. The van der Waals surface area contributed by atoms with Gasteiger partial charge in [-0.15, -0.1) is 36.2 Å². The van der Waals surface area contributed by atoms with Crippen molar-refractivity contribution in [1.29, 1.82) is 0 Å². The van der Waals surface area contributed by atoms with Gasteiger partial charge in [-0.1, -0.05) is 0 Å². The lowest BCUT2D eigenvalue weighted by molar-refractivity contribution is 0.0588. The number of aromatic nitrogens is 1. The third kappa shape index (κ3) is 4.74. The molecule has 4 nitrogen and oxygen atoms in total. The summed E-state index contributed by atoms with van der Waals surface area (Å²) in [5, 5.41) is 0.741. The lowest BCUT2D eigenvalue weighted by Crippen LogP contribution is -2.51. The summed E-state index contributed by atoms with van der Waals surface area (Å²) < 4.78 is 13.1. The highest BCUT2D eigenvalue weighted by atomic mass is 35.5. The van der Waals surface area contributed by atoms with E-state index in [1.165, 1.54) is 23.5 Å². The van der Waals surface area contributed by atoms with E-state index in [4.69, 9.17) is 5.73 Å². The molecular formula is C18H24Cl2FN3OS. The lowest BCUT2D eigenvalue weighted by Gasteiger charge is -2.37. The third-order valence-electron chi connectivity index (χ3n) is 4.50. The van der Waals surface area contributed by atoms with Crippen LogP contribution in [0.3, 0.4) is 0 Å². The molecule has 1 aliphatic heterocycles. The largest absolute Gasteiger partial charge is 0.333 e. The van der Waals surface area contributed by atoms with Crippen LogP contribution in [-0.4, -0.2) is 34.4 Å². The predicted octanol–water partition coefficient (Wildman–Crippen LogP) is 4.44. The summed E-state index contributed by atoms with van der Waals surface area (Å²) >= 11 is 1.37. The number of carbonyl (C=O) groups excluding carboxylic acids is 1. The molecule has 0 radical (unpaired) electrons. The summed E-state index contributed by atoms with van der Waals surface area (Å²) in [6.45, 7) is 4.55. The molecule has 0 spiro atoms.